The number of unbranched alkanes of at least 4 members (excludes halogenated alkanes) is 1. The zero-order chi connectivity index (χ0) is 14.5. The second kappa shape index (κ2) is 6.55. The number of benzene rings is 1. The predicted molar refractivity (Wildman–Crippen MR) is 73.3 cm³/mol. The van der Waals surface area contributed by atoms with E-state index in [1.165, 1.54) is 0 Å². The van der Waals surface area contributed by atoms with Gasteiger partial charge < -0.3 is 4.74 Å². The lowest BCUT2D eigenvalue weighted by molar-refractivity contribution is 0.305. The second-order valence-electron chi connectivity index (χ2n) is 4.47. The third kappa shape index (κ3) is 5.28. The molecule has 19 heavy (non-hydrogen) atoms. The summed E-state index contributed by atoms with van der Waals surface area (Å²) in [5.74, 6) is 0.733. The minimum atomic E-state index is -3.39. The van der Waals surface area contributed by atoms with Crippen LogP contribution in [-0.2, 0) is 10.0 Å². The summed E-state index contributed by atoms with van der Waals surface area (Å²) in [6, 6.07) is 5.63. The number of hydrogen-bond acceptors (Lipinski definition) is 4. The van der Waals surface area contributed by atoms with Crippen LogP contribution in [0.2, 0.25) is 0 Å². The van der Waals surface area contributed by atoms with E-state index in [4.69, 9.17) is 15.1 Å². The van der Waals surface area contributed by atoms with Gasteiger partial charge in [-0.3, -0.25) is 0 Å². The first-order chi connectivity index (χ1) is 8.83. The molecule has 1 aromatic rings. The van der Waals surface area contributed by atoms with E-state index in [1.54, 1.807) is 12.1 Å². The molecule has 0 atom stereocenters. The average molecular weight is 282 g/mol. The number of hydrogen-bond donors (Lipinski definition) is 1. The summed E-state index contributed by atoms with van der Waals surface area (Å²) in [7, 11) is -3.39. The van der Waals surface area contributed by atoms with E-state index >= 15 is 0 Å². The highest BCUT2D eigenvalue weighted by atomic mass is 32.2. The summed E-state index contributed by atoms with van der Waals surface area (Å²) in [6.07, 6.45) is 1.10. The molecular formula is C13H18N2O3S. The van der Waals surface area contributed by atoms with Crippen LogP contribution in [0.25, 0.3) is 0 Å². The largest absolute Gasteiger partial charge is 0.493 e. The lowest BCUT2D eigenvalue weighted by Gasteiger charge is -2.12. The third-order valence-corrected chi connectivity index (χ3v) is 3.52. The zero-order valence-corrected chi connectivity index (χ0v) is 12.0. The lowest BCUT2D eigenvalue weighted by atomic mass is 10.1. The van der Waals surface area contributed by atoms with Crippen LogP contribution in [0.5, 0.6) is 5.75 Å². The minimum Gasteiger partial charge on any atom is -0.493 e. The molecule has 0 radical (unpaired) electrons. The van der Waals surface area contributed by atoms with Crippen molar-refractivity contribution in [2.75, 3.05) is 12.4 Å². The van der Waals surface area contributed by atoms with Crippen LogP contribution >= 0.6 is 0 Å². The van der Waals surface area contributed by atoms with E-state index in [0.717, 1.165) is 16.9 Å². The number of nitriles is 1. The van der Waals surface area contributed by atoms with Crippen LogP contribution in [0.3, 0.4) is 0 Å². The average Bonchev–Trinajstić information content (AvgIpc) is 2.30. The third-order valence-electron chi connectivity index (χ3n) is 2.66. The Balaban J connectivity index is 2.53. The Hall–Kier alpha value is -1.58. The molecule has 6 heteroatoms. The maximum absolute atomic E-state index is 10.7. The molecule has 0 aliphatic heterocycles. The van der Waals surface area contributed by atoms with Gasteiger partial charge in [-0.05, 0) is 49.9 Å². The Morgan fingerprint density at radius 1 is 1.26 bits per heavy atom. The molecule has 5 nitrogen and oxygen atoms in total. The van der Waals surface area contributed by atoms with Gasteiger partial charge in [-0.2, -0.15) is 5.26 Å². The van der Waals surface area contributed by atoms with Crippen molar-refractivity contribution >= 4 is 10.0 Å². The van der Waals surface area contributed by atoms with E-state index in [9.17, 15) is 8.42 Å². The predicted octanol–water partition coefficient (Wildman–Crippen LogP) is 1.62. The topological polar surface area (TPSA) is 93.2 Å². The van der Waals surface area contributed by atoms with Gasteiger partial charge in [0.05, 0.1) is 24.0 Å². The molecule has 0 amide bonds. The van der Waals surface area contributed by atoms with Crippen LogP contribution < -0.4 is 9.88 Å². The fraction of sp³-hybridized carbons (Fsp3) is 0.462. The summed E-state index contributed by atoms with van der Waals surface area (Å²) < 4.78 is 27.1. The maximum atomic E-state index is 10.7. The van der Waals surface area contributed by atoms with Gasteiger partial charge >= 0.3 is 0 Å². The van der Waals surface area contributed by atoms with Crippen molar-refractivity contribution in [3.8, 4) is 11.8 Å². The highest BCUT2D eigenvalue weighted by molar-refractivity contribution is 7.89. The number of aryl methyl sites for hydroxylation is 2. The van der Waals surface area contributed by atoms with Crippen LogP contribution in [0.4, 0.5) is 0 Å². The van der Waals surface area contributed by atoms with Gasteiger partial charge in [-0.15, -0.1) is 0 Å². The first-order valence-electron chi connectivity index (χ1n) is 5.98. The number of sulfonamides is 1. The van der Waals surface area contributed by atoms with Crippen LogP contribution in [-0.4, -0.2) is 20.8 Å². The molecule has 1 rings (SSSR count). The molecule has 0 bridgehead atoms. The summed E-state index contributed by atoms with van der Waals surface area (Å²) >= 11 is 0. The second-order valence-corrected chi connectivity index (χ2v) is 6.21. The molecule has 104 valence electrons. The number of primary sulfonamides is 1. The van der Waals surface area contributed by atoms with Crippen molar-refractivity contribution in [2.45, 2.75) is 26.7 Å². The summed E-state index contributed by atoms with van der Waals surface area (Å²) in [6.45, 7) is 4.20. The van der Waals surface area contributed by atoms with E-state index < -0.39 is 10.0 Å². The van der Waals surface area contributed by atoms with Crippen molar-refractivity contribution in [2.24, 2.45) is 5.14 Å². The fourth-order valence-corrected chi connectivity index (χ4v) is 2.43. The minimum absolute atomic E-state index is 0.0261. The molecule has 0 fully saturated rings. The Kier molecular flexibility index (Phi) is 5.33. The Morgan fingerprint density at radius 3 is 2.32 bits per heavy atom. The van der Waals surface area contributed by atoms with Crippen molar-refractivity contribution in [3.63, 3.8) is 0 Å². The van der Waals surface area contributed by atoms with Gasteiger partial charge in [0.2, 0.25) is 10.0 Å². The molecule has 0 saturated heterocycles. The van der Waals surface area contributed by atoms with Crippen molar-refractivity contribution < 1.29 is 13.2 Å². The van der Waals surface area contributed by atoms with Crippen molar-refractivity contribution in [1.82, 2.24) is 0 Å². The van der Waals surface area contributed by atoms with Crippen molar-refractivity contribution in [3.05, 3.63) is 28.8 Å². The highest BCUT2D eigenvalue weighted by Crippen LogP contribution is 2.24. The molecule has 0 heterocycles. The highest BCUT2D eigenvalue weighted by Gasteiger charge is 2.07. The molecule has 0 saturated carbocycles. The SMILES string of the molecule is Cc1cc(C#N)cc(C)c1OCCCCS(N)(=O)=O. The molecule has 1 aromatic carbocycles. The van der Waals surface area contributed by atoms with E-state index in [0.29, 0.717) is 25.0 Å². The Labute approximate surface area is 114 Å². The van der Waals surface area contributed by atoms with E-state index in [1.807, 2.05) is 13.8 Å². The van der Waals surface area contributed by atoms with Gasteiger partial charge in [-0.1, -0.05) is 0 Å². The summed E-state index contributed by atoms with van der Waals surface area (Å²) in [4.78, 5) is 0. The number of nitrogens with zero attached hydrogens (tertiary/aromatic N) is 1. The zero-order valence-electron chi connectivity index (χ0n) is 11.1. The Morgan fingerprint density at radius 2 is 1.84 bits per heavy atom. The summed E-state index contributed by atoms with van der Waals surface area (Å²) in [5, 5.41) is 13.7. The standard InChI is InChI=1S/C13H18N2O3S/c1-10-7-12(9-14)8-11(2)13(10)18-5-3-4-6-19(15,16)17/h7-8H,3-6H2,1-2H3,(H2,15,16,17). The van der Waals surface area contributed by atoms with Crippen molar-refractivity contribution in [1.29, 1.82) is 5.26 Å². The molecule has 0 aliphatic carbocycles. The lowest BCUT2D eigenvalue weighted by Crippen LogP contribution is -2.16. The quantitative estimate of drug-likeness (QED) is 0.802. The first kappa shape index (κ1) is 15.5. The molecule has 0 aromatic heterocycles. The monoisotopic (exact) mass is 282 g/mol. The van der Waals surface area contributed by atoms with E-state index in [-0.39, 0.29) is 5.75 Å². The molecule has 0 unspecified atom stereocenters. The maximum Gasteiger partial charge on any atom is 0.209 e. The summed E-state index contributed by atoms with van der Waals surface area (Å²) in [5.41, 5.74) is 2.42. The molecular weight excluding hydrogens is 264 g/mol. The van der Waals surface area contributed by atoms with Gasteiger partial charge in [0.15, 0.2) is 0 Å². The molecule has 0 aliphatic rings. The first-order valence-corrected chi connectivity index (χ1v) is 7.69. The molecule has 0 spiro atoms. The Bertz CT molecular complexity index is 565. The van der Waals surface area contributed by atoms with Crippen LogP contribution in [0, 0.1) is 25.2 Å². The van der Waals surface area contributed by atoms with Gasteiger partial charge in [0.1, 0.15) is 5.75 Å². The van der Waals surface area contributed by atoms with Crippen LogP contribution in [0.1, 0.15) is 29.5 Å². The number of nitrogens with two attached hydrogens (primary N) is 1. The van der Waals surface area contributed by atoms with Gasteiger partial charge in [0, 0.05) is 0 Å². The van der Waals surface area contributed by atoms with E-state index in [2.05, 4.69) is 6.07 Å². The smallest absolute Gasteiger partial charge is 0.209 e. The normalized spacial score (nSPS) is 11.1. The fourth-order valence-electron chi connectivity index (χ4n) is 1.82. The van der Waals surface area contributed by atoms with Gasteiger partial charge in [0.25, 0.3) is 0 Å². The number of rotatable bonds is 6. The number of ether oxygens (including phenoxy) is 1. The van der Waals surface area contributed by atoms with Crippen LogP contribution in [0.15, 0.2) is 12.1 Å². The molecule has 2 N–H and O–H groups in total. The van der Waals surface area contributed by atoms with Gasteiger partial charge in [-0.25, -0.2) is 13.6 Å².